The molecule has 1 N–H and O–H groups in total. The van der Waals surface area contributed by atoms with Gasteiger partial charge in [-0.25, -0.2) is 0 Å². The van der Waals surface area contributed by atoms with Crippen LogP contribution in [0.4, 0.5) is 11.4 Å². The van der Waals surface area contributed by atoms with E-state index in [0.29, 0.717) is 6.54 Å². The van der Waals surface area contributed by atoms with Gasteiger partial charge in [0.1, 0.15) is 5.69 Å². The summed E-state index contributed by atoms with van der Waals surface area (Å²) in [7, 11) is 2.09. The van der Waals surface area contributed by atoms with Gasteiger partial charge in [0.2, 0.25) is 5.91 Å². The van der Waals surface area contributed by atoms with Crippen molar-refractivity contribution in [2.24, 2.45) is 0 Å². The van der Waals surface area contributed by atoms with Crippen LogP contribution >= 0.6 is 0 Å². The van der Waals surface area contributed by atoms with Crippen molar-refractivity contribution >= 4 is 17.3 Å². The molecule has 0 aliphatic carbocycles. The fourth-order valence-electron chi connectivity index (χ4n) is 2.39. The summed E-state index contributed by atoms with van der Waals surface area (Å²) in [4.78, 5) is 26.3. The predicted molar refractivity (Wildman–Crippen MR) is 80.2 cm³/mol. The van der Waals surface area contributed by atoms with Crippen LogP contribution in [-0.4, -0.2) is 53.9 Å². The number of nitrogens with one attached hydrogen (secondary N) is 1. The van der Waals surface area contributed by atoms with Crippen LogP contribution in [0.1, 0.15) is 12.5 Å². The third-order valence-corrected chi connectivity index (χ3v) is 3.57. The monoisotopic (exact) mass is 292 g/mol. The van der Waals surface area contributed by atoms with Crippen LogP contribution in [0.15, 0.2) is 18.2 Å². The molecule has 1 fully saturated rings. The molecule has 1 saturated heterocycles. The number of nitro benzene ring substituents is 1. The Kier molecular flexibility index (Phi) is 4.87. The molecular weight excluding hydrogens is 272 g/mol. The average Bonchev–Trinajstić information content (AvgIpc) is 2.42. The van der Waals surface area contributed by atoms with Gasteiger partial charge in [-0.2, -0.15) is 0 Å². The van der Waals surface area contributed by atoms with E-state index >= 15 is 0 Å². The summed E-state index contributed by atoms with van der Waals surface area (Å²) in [6.07, 6.45) is 0. The Morgan fingerprint density at radius 1 is 1.33 bits per heavy atom. The van der Waals surface area contributed by atoms with Crippen molar-refractivity contribution in [1.29, 1.82) is 0 Å². The maximum absolute atomic E-state index is 11.1. The number of likely N-dealkylation sites (N-methyl/N-ethyl adjacent to an activating group) is 1. The van der Waals surface area contributed by atoms with Crippen molar-refractivity contribution < 1.29 is 9.72 Å². The molecule has 0 unspecified atom stereocenters. The highest BCUT2D eigenvalue weighted by Gasteiger charge is 2.18. The lowest BCUT2D eigenvalue weighted by Crippen LogP contribution is -2.43. The van der Waals surface area contributed by atoms with E-state index in [9.17, 15) is 14.9 Å². The first-order valence-corrected chi connectivity index (χ1v) is 6.91. The molecule has 7 nitrogen and oxygen atoms in total. The van der Waals surface area contributed by atoms with Gasteiger partial charge in [-0.3, -0.25) is 19.8 Å². The molecule has 1 amide bonds. The zero-order valence-corrected chi connectivity index (χ0v) is 12.3. The number of anilines is 1. The number of hydrogen-bond donors (Lipinski definition) is 1. The van der Waals surface area contributed by atoms with Crippen molar-refractivity contribution in [2.45, 2.75) is 13.5 Å². The molecule has 1 aromatic rings. The molecule has 21 heavy (non-hydrogen) atoms. The predicted octanol–water partition coefficient (Wildman–Crippen LogP) is 1.30. The molecule has 2 rings (SSSR count). The number of piperazine rings is 1. The van der Waals surface area contributed by atoms with E-state index in [0.717, 1.165) is 31.7 Å². The summed E-state index contributed by atoms with van der Waals surface area (Å²) in [5.41, 5.74) is 1.08. The molecule has 0 saturated carbocycles. The van der Waals surface area contributed by atoms with Crippen LogP contribution in [0.2, 0.25) is 0 Å². The highest BCUT2D eigenvalue weighted by molar-refractivity contribution is 5.91. The summed E-state index contributed by atoms with van der Waals surface area (Å²) in [5.74, 6) is -0.315. The zero-order valence-electron chi connectivity index (χ0n) is 12.3. The molecule has 0 spiro atoms. The summed E-state index contributed by atoms with van der Waals surface area (Å²) < 4.78 is 0. The Morgan fingerprint density at radius 3 is 2.57 bits per heavy atom. The molecule has 0 radical (unpaired) electrons. The molecule has 1 heterocycles. The largest absolute Gasteiger partial charge is 0.321 e. The first kappa shape index (κ1) is 15.4. The van der Waals surface area contributed by atoms with Crippen LogP contribution < -0.4 is 5.32 Å². The lowest BCUT2D eigenvalue weighted by atomic mass is 10.1. The lowest BCUT2D eigenvalue weighted by Gasteiger charge is -2.32. The second-order valence-electron chi connectivity index (χ2n) is 5.37. The number of hydrogen-bond acceptors (Lipinski definition) is 5. The fraction of sp³-hybridized carbons (Fsp3) is 0.500. The highest BCUT2D eigenvalue weighted by Crippen LogP contribution is 2.26. The van der Waals surface area contributed by atoms with Gasteiger partial charge < -0.3 is 10.2 Å². The van der Waals surface area contributed by atoms with Crippen LogP contribution in [-0.2, 0) is 11.3 Å². The Hall–Kier alpha value is -1.99. The Bertz CT molecular complexity index is 539. The molecule has 0 bridgehead atoms. The van der Waals surface area contributed by atoms with Gasteiger partial charge in [-0.1, -0.05) is 6.07 Å². The molecule has 7 heteroatoms. The van der Waals surface area contributed by atoms with Gasteiger partial charge in [0, 0.05) is 45.7 Å². The van der Waals surface area contributed by atoms with Gasteiger partial charge >= 0.3 is 0 Å². The molecule has 0 aromatic heterocycles. The minimum atomic E-state index is -0.460. The van der Waals surface area contributed by atoms with Crippen molar-refractivity contribution in [3.63, 3.8) is 0 Å². The number of carbonyl (C=O) groups is 1. The molecule has 1 aliphatic rings. The maximum atomic E-state index is 11.1. The van der Waals surface area contributed by atoms with Crippen LogP contribution in [0.25, 0.3) is 0 Å². The lowest BCUT2D eigenvalue weighted by molar-refractivity contribution is -0.384. The van der Waals surface area contributed by atoms with E-state index in [2.05, 4.69) is 22.2 Å². The van der Waals surface area contributed by atoms with Gasteiger partial charge in [0.25, 0.3) is 5.69 Å². The molecule has 114 valence electrons. The third kappa shape index (κ3) is 4.24. The standard InChI is InChI=1S/C14H20N4O3/c1-11(19)15-13-4-3-12(9-14(13)18(20)21)10-17-7-5-16(2)6-8-17/h3-4,9H,5-8,10H2,1-2H3,(H,15,19). The smallest absolute Gasteiger partial charge is 0.293 e. The molecule has 0 atom stereocenters. The average molecular weight is 292 g/mol. The second kappa shape index (κ2) is 6.64. The van der Waals surface area contributed by atoms with E-state index in [4.69, 9.17) is 0 Å². The summed E-state index contributed by atoms with van der Waals surface area (Å²) in [6.45, 7) is 5.95. The normalized spacial score (nSPS) is 16.7. The van der Waals surface area contributed by atoms with Crippen molar-refractivity contribution in [2.75, 3.05) is 38.5 Å². The Morgan fingerprint density at radius 2 is 2.00 bits per heavy atom. The quantitative estimate of drug-likeness (QED) is 0.668. The van der Waals surface area contributed by atoms with E-state index in [1.54, 1.807) is 12.1 Å². The second-order valence-corrected chi connectivity index (χ2v) is 5.37. The van der Waals surface area contributed by atoms with E-state index in [1.165, 1.54) is 6.92 Å². The molecule has 1 aromatic carbocycles. The first-order chi connectivity index (χ1) is 9.95. The van der Waals surface area contributed by atoms with Gasteiger partial charge in [-0.05, 0) is 18.7 Å². The topological polar surface area (TPSA) is 78.7 Å². The maximum Gasteiger partial charge on any atom is 0.293 e. The number of benzene rings is 1. The minimum Gasteiger partial charge on any atom is -0.321 e. The van der Waals surface area contributed by atoms with Gasteiger partial charge in [-0.15, -0.1) is 0 Å². The number of amides is 1. The van der Waals surface area contributed by atoms with Crippen molar-refractivity contribution in [3.05, 3.63) is 33.9 Å². The van der Waals surface area contributed by atoms with Crippen LogP contribution in [0.3, 0.4) is 0 Å². The number of rotatable bonds is 4. The minimum absolute atomic E-state index is 0.0585. The number of carbonyl (C=O) groups excluding carboxylic acids is 1. The van der Waals surface area contributed by atoms with Crippen LogP contribution in [0.5, 0.6) is 0 Å². The van der Waals surface area contributed by atoms with E-state index in [-0.39, 0.29) is 17.3 Å². The summed E-state index contributed by atoms with van der Waals surface area (Å²) in [5, 5.41) is 13.6. The third-order valence-electron chi connectivity index (χ3n) is 3.57. The number of nitrogens with zero attached hydrogens (tertiary/aromatic N) is 3. The summed E-state index contributed by atoms with van der Waals surface area (Å²) in [6, 6.07) is 4.98. The molecule has 1 aliphatic heterocycles. The SMILES string of the molecule is CC(=O)Nc1ccc(CN2CCN(C)CC2)cc1[N+](=O)[O-]. The van der Waals surface area contributed by atoms with Gasteiger partial charge in [0.15, 0.2) is 0 Å². The fourth-order valence-corrected chi connectivity index (χ4v) is 2.39. The van der Waals surface area contributed by atoms with Crippen molar-refractivity contribution in [3.8, 4) is 0 Å². The highest BCUT2D eigenvalue weighted by atomic mass is 16.6. The summed E-state index contributed by atoms with van der Waals surface area (Å²) >= 11 is 0. The van der Waals surface area contributed by atoms with E-state index < -0.39 is 4.92 Å². The number of nitro groups is 1. The van der Waals surface area contributed by atoms with Crippen LogP contribution in [0, 0.1) is 10.1 Å². The van der Waals surface area contributed by atoms with Gasteiger partial charge in [0.05, 0.1) is 4.92 Å². The Balaban J connectivity index is 2.12. The van der Waals surface area contributed by atoms with E-state index in [1.807, 2.05) is 6.07 Å². The Labute approximate surface area is 123 Å². The first-order valence-electron chi connectivity index (χ1n) is 6.91. The molecular formula is C14H20N4O3. The van der Waals surface area contributed by atoms with Crippen molar-refractivity contribution in [1.82, 2.24) is 9.80 Å². The zero-order chi connectivity index (χ0) is 15.4.